The number of benzene rings is 1. The molecule has 0 bridgehead atoms. The molecule has 1 aromatic rings. The van der Waals surface area contributed by atoms with E-state index in [1.165, 1.54) is 28.6 Å². The van der Waals surface area contributed by atoms with Crippen LogP contribution in [0.1, 0.15) is 31.1 Å². The van der Waals surface area contributed by atoms with Crippen molar-refractivity contribution < 1.29 is 23.1 Å². The van der Waals surface area contributed by atoms with Gasteiger partial charge < -0.3 is 9.84 Å². The van der Waals surface area contributed by atoms with Crippen LogP contribution in [0.4, 0.5) is 0 Å². The van der Waals surface area contributed by atoms with E-state index in [1.54, 1.807) is 0 Å². The predicted molar refractivity (Wildman–Crippen MR) is 76.8 cm³/mol. The van der Waals surface area contributed by atoms with Crippen LogP contribution in [-0.4, -0.2) is 48.6 Å². The molecular formula is C14H19NO5S. The van der Waals surface area contributed by atoms with Crippen molar-refractivity contribution in [3.8, 4) is 0 Å². The first-order valence-corrected chi connectivity index (χ1v) is 8.07. The lowest BCUT2D eigenvalue weighted by Gasteiger charge is -2.40. The van der Waals surface area contributed by atoms with Gasteiger partial charge in [-0.2, -0.15) is 4.31 Å². The van der Waals surface area contributed by atoms with E-state index in [0.29, 0.717) is 0 Å². The summed E-state index contributed by atoms with van der Waals surface area (Å²) in [4.78, 5) is 10.9. The summed E-state index contributed by atoms with van der Waals surface area (Å²) in [7, 11) is -3.65. The topological polar surface area (TPSA) is 83.9 Å². The van der Waals surface area contributed by atoms with Crippen molar-refractivity contribution >= 4 is 16.0 Å². The largest absolute Gasteiger partial charge is 0.478 e. The Hall–Kier alpha value is -1.44. The maximum atomic E-state index is 12.6. The van der Waals surface area contributed by atoms with E-state index in [9.17, 15) is 13.2 Å². The van der Waals surface area contributed by atoms with Crippen LogP contribution in [0, 0.1) is 0 Å². The lowest BCUT2D eigenvalue weighted by Crippen LogP contribution is -2.53. The molecule has 0 amide bonds. The zero-order valence-corrected chi connectivity index (χ0v) is 13.1. The number of morpholine rings is 1. The molecule has 1 aromatic carbocycles. The second-order valence-electron chi connectivity index (χ2n) is 5.82. The first-order valence-electron chi connectivity index (χ1n) is 6.63. The molecule has 1 fully saturated rings. The minimum Gasteiger partial charge on any atom is -0.478 e. The van der Waals surface area contributed by atoms with Gasteiger partial charge in [-0.15, -0.1) is 0 Å². The summed E-state index contributed by atoms with van der Waals surface area (Å²) in [6.07, 6.45) is -0.193. The number of aromatic carboxylic acids is 1. The molecule has 1 aliphatic heterocycles. The Morgan fingerprint density at radius 3 is 2.38 bits per heavy atom. The monoisotopic (exact) mass is 313 g/mol. The molecule has 1 heterocycles. The van der Waals surface area contributed by atoms with Crippen LogP contribution >= 0.6 is 0 Å². The normalized spacial score (nSPS) is 22.9. The van der Waals surface area contributed by atoms with E-state index in [-0.39, 0.29) is 29.7 Å². The van der Waals surface area contributed by atoms with E-state index in [2.05, 4.69) is 0 Å². The molecule has 0 saturated carbocycles. The fourth-order valence-electron chi connectivity index (χ4n) is 2.50. The molecular weight excluding hydrogens is 294 g/mol. The number of carbonyl (C=O) groups is 1. The molecule has 1 unspecified atom stereocenters. The van der Waals surface area contributed by atoms with Gasteiger partial charge in [-0.25, -0.2) is 13.2 Å². The Morgan fingerprint density at radius 1 is 1.33 bits per heavy atom. The summed E-state index contributed by atoms with van der Waals surface area (Å²) in [6, 6.07) is 5.24. The summed E-state index contributed by atoms with van der Waals surface area (Å²) in [5.74, 6) is -1.08. The summed E-state index contributed by atoms with van der Waals surface area (Å²) in [5, 5.41) is 8.85. The fraction of sp³-hybridized carbons (Fsp3) is 0.500. The Labute approximate surface area is 124 Å². The van der Waals surface area contributed by atoms with E-state index < -0.39 is 21.6 Å². The lowest BCUT2D eigenvalue weighted by molar-refractivity contribution is -0.109. The average Bonchev–Trinajstić information content (AvgIpc) is 2.36. The molecule has 116 valence electrons. The fourth-order valence-corrected chi connectivity index (χ4v) is 4.16. The van der Waals surface area contributed by atoms with Gasteiger partial charge in [0.1, 0.15) is 0 Å². The number of sulfonamides is 1. The quantitative estimate of drug-likeness (QED) is 0.916. The highest BCUT2D eigenvalue weighted by molar-refractivity contribution is 7.89. The van der Waals surface area contributed by atoms with Gasteiger partial charge in [0.25, 0.3) is 0 Å². The summed E-state index contributed by atoms with van der Waals surface area (Å²) < 4.78 is 32.3. The third-order valence-corrected chi connectivity index (χ3v) is 5.10. The summed E-state index contributed by atoms with van der Waals surface area (Å²) in [6.45, 7) is 6.07. The number of nitrogens with zero attached hydrogens (tertiary/aromatic N) is 1. The first kappa shape index (κ1) is 15.9. The third kappa shape index (κ3) is 3.42. The number of hydrogen-bond acceptors (Lipinski definition) is 4. The molecule has 2 rings (SSSR count). The van der Waals surface area contributed by atoms with Gasteiger partial charge in [0.15, 0.2) is 0 Å². The van der Waals surface area contributed by atoms with Gasteiger partial charge in [0.2, 0.25) is 10.0 Å². The molecule has 1 atom stereocenters. The Balaban J connectivity index is 2.31. The maximum Gasteiger partial charge on any atom is 0.335 e. The van der Waals surface area contributed by atoms with Crippen LogP contribution in [0.15, 0.2) is 29.2 Å². The van der Waals surface area contributed by atoms with Gasteiger partial charge in [0.05, 0.1) is 22.2 Å². The molecule has 0 radical (unpaired) electrons. The van der Waals surface area contributed by atoms with Gasteiger partial charge in [-0.3, -0.25) is 0 Å². The van der Waals surface area contributed by atoms with Gasteiger partial charge in [-0.05, 0) is 45.0 Å². The minimum absolute atomic E-state index is 0.0598. The molecule has 21 heavy (non-hydrogen) atoms. The molecule has 7 heteroatoms. The molecule has 6 nitrogen and oxygen atoms in total. The van der Waals surface area contributed by atoms with Crippen LogP contribution in [0.25, 0.3) is 0 Å². The molecule has 1 aliphatic rings. The Morgan fingerprint density at radius 2 is 1.90 bits per heavy atom. The Kier molecular flexibility index (Phi) is 4.10. The van der Waals surface area contributed by atoms with Crippen molar-refractivity contribution in [1.29, 1.82) is 0 Å². The first-order chi connectivity index (χ1) is 9.62. The van der Waals surface area contributed by atoms with E-state index >= 15 is 0 Å². The third-order valence-electron chi connectivity index (χ3n) is 3.28. The standard InChI is InChI=1S/C14H19NO5S/c1-10-8-15(9-14(2,3)20-10)21(18,19)12-6-4-11(5-7-12)13(16)17/h4-7,10H,8-9H2,1-3H3,(H,16,17). The summed E-state index contributed by atoms with van der Waals surface area (Å²) >= 11 is 0. The van der Waals surface area contributed by atoms with Crippen LogP contribution in [0.5, 0.6) is 0 Å². The van der Waals surface area contributed by atoms with Crippen molar-refractivity contribution in [2.24, 2.45) is 0 Å². The molecule has 0 aliphatic carbocycles. The van der Waals surface area contributed by atoms with Crippen LogP contribution in [0.3, 0.4) is 0 Å². The van der Waals surface area contributed by atoms with E-state index in [0.717, 1.165) is 0 Å². The smallest absolute Gasteiger partial charge is 0.335 e. The van der Waals surface area contributed by atoms with Gasteiger partial charge in [0, 0.05) is 13.1 Å². The van der Waals surface area contributed by atoms with Crippen LogP contribution in [0.2, 0.25) is 0 Å². The van der Waals surface area contributed by atoms with Gasteiger partial charge in [-0.1, -0.05) is 0 Å². The highest BCUT2D eigenvalue weighted by Gasteiger charge is 2.37. The number of carboxylic acid groups (broad SMARTS) is 1. The van der Waals surface area contributed by atoms with Crippen LogP contribution in [-0.2, 0) is 14.8 Å². The maximum absolute atomic E-state index is 12.6. The van der Waals surface area contributed by atoms with Crippen molar-refractivity contribution in [1.82, 2.24) is 4.31 Å². The number of carboxylic acids is 1. The van der Waals surface area contributed by atoms with Crippen molar-refractivity contribution in [3.05, 3.63) is 29.8 Å². The lowest BCUT2D eigenvalue weighted by atomic mass is 10.1. The Bertz CT molecular complexity index is 636. The summed E-state index contributed by atoms with van der Waals surface area (Å²) in [5.41, 5.74) is -0.490. The molecule has 0 spiro atoms. The minimum atomic E-state index is -3.65. The second-order valence-corrected chi connectivity index (χ2v) is 7.75. The second kappa shape index (κ2) is 5.40. The van der Waals surface area contributed by atoms with Crippen molar-refractivity contribution in [3.63, 3.8) is 0 Å². The number of hydrogen-bond donors (Lipinski definition) is 1. The molecule has 1 saturated heterocycles. The molecule has 0 aromatic heterocycles. The van der Waals surface area contributed by atoms with Crippen molar-refractivity contribution in [2.75, 3.05) is 13.1 Å². The van der Waals surface area contributed by atoms with E-state index in [4.69, 9.17) is 9.84 Å². The highest BCUT2D eigenvalue weighted by Crippen LogP contribution is 2.26. The van der Waals surface area contributed by atoms with Crippen LogP contribution < -0.4 is 0 Å². The number of rotatable bonds is 3. The number of ether oxygens (including phenoxy) is 1. The van der Waals surface area contributed by atoms with Gasteiger partial charge >= 0.3 is 5.97 Å². The highest BCUT2D eigenvalue weighted by atomic mass is 32.2. The predicted octanol–water partition coefficient (Wildman–Crippen LogP) is 1.57. The van der Waals surface area contributed by atoms with E-state index in [1.807, 2.05) is 20.8 Å². The van der Waals surface area contributed by atoms with Crippen molar-refractivity contribution in [2.45, 2.75) is 37.4 Å². The molecule has 1 N–H and O–H groups in total. The SMILES string of the molecule is CC1CN(S(=O)(=O)c2ccc(C(=O)O)cc2)CC(C)(C)O1. The average molecular weight is 313 g/mol. The zero-order chi connectivity index (χ0) is 15.8. The zero-order valence-electron chi connectivity index (χ0n) is 12.2.